The Balaban J connectivity index is 0.821. The molecule has 2 heterocycles. The maximum absolute atomic E-state index is 2.70. The lowest BCUT2D eigenvalue weighted by molar-refractivity contribution is 0.470. The van der Waals surface area contributed by atoms with Gasteiger partial charge in [-0.1, -0.05) is 146 Å². The molecule has 0 fully saturated rings. The standard InChI is InChI=1S/C58H55NS2/c1-2-11-42(12-3-1)49-18-9-19-52-53-20-10-21-54(58(53)61-57(49)52)59(46-34-29-43(30-35-46)48-17-8-14-41-13-4-5-15-47(41)48)45-32-27-39(28-33-45)38-23-25-40(26-24-38)44-31-36-51-50-16-6-7-22-55(50)60-56(51)37-44/h2,4,7-8,10-14,17-18,20-25,27,29-34,36-37,39-40,46-48,51,56H,1,3,5-6,9,15-16,19,26,28,35H2. The largest absolute Gasteiger partial charge is 0.333 e. The van der Waals surface area contributed by atoms with Crippen molar-refractivity contribution < 1.29 is 0 Å². The summed E-state index contributed by atoms with van der Waals surface area (Å²) in [7, 11) is 0. The summed E-state index contributed by atoms with van der Waals surface area (Å²) in [6.45, 7) is 0. The van der Waals surface area contributed by atoms with Gasteiger partial charge in [0.05, 0.1) is 16.4 Å². The van der Waals surface area contributed by atoms with Gasteiger partial charge >= 0.3 is 0 Å². The van der Waals surface area contributed by atoms with E-state index in [0.29, 0.717) is 34.8 Å². The average Bonchev–Trinajstić information content (AvgIpc) is 3.91. The lowest BCUT2D eigenvalue weighted by Gasteiger charge is -2.37. The SMILES string of the molecule is C1=CC(C2=CCC(N(C3=CCC(C4=CCC(C5=CC6SC7=C(CCC=C7)C6C=C5)C=C4)C=C3)c3cccc4c5c(sc34)C(C3=CCCC=C3)=CCC5)C=C2)C2CCC=CC2=C1. The fraction of sp³-hybridized carbons (Fsp3) is 0.310. The molecule has 1 aliphatic heterocycles. The molecule has 3 heteroatoms. The molecule has 1 nitrogen and oxygen atoms in total. The summed E-state index contributed by atoms with van der Waals surface area (Å²) >= 11 is 4.12. The van der Waals surface area contributed by atoms with Gasteiger partial charge in [0, 0.05) is 44.4 Å². The Morgan fingerprint density at radius 3 is 2.36 bits per heavy atom. The lowest BCUT2D eigenvalue weighted by Crippen LogP contribution is -2.34. The summed E-state index contributed by atoms with van der Waals surface area (Å²) in [5.74, 6) is 2.53. The summed E-state index contributed by atoms with van der Waals surface area (Å²) in [6, 6.07) is 7.38. The molecule has 7 atom stereocenters. The number of hydrogen-bond donors (Lipinski definition) is 0. The van der Waals surface area contributed by atoms with E-state index < -0.39 is 0 Å². The van der Waals surface area contributed by atoms with Gasteiger partial charge < -0.3 is 4.90 Å². The van der Waals surface area contributed by atoms with Gasteiger partial charge in [0.2, 0.25) is 0 Å². The van der Waals surface area contributed by atoms with Crippen LogP contribution in [0.1, 0.15) is 74.6 Å². The van der Waals surface area contributed by atoms with Gasteiger partial charge in [-0.2, -0.15) is 0 Å². The number of thiophene rings is 1. The second kappa shape index (κ2) is 16.1. The van der Waals surface area contributed by atoms with Gasteiger partial charge in [0.25, 0.3) is 0 Å². The zero-order valence-corrected chi connectivity index (χ0v) is 36.7. The van der Waals surface area contributed by atoms with Crippen molar-refractivity contribution in [3.63, 3.8) is 0 Å². The van der Waals surface area contributed by atoms with Crippen molar-refractivity contribution in [1.82, 2.24) is 0 Å². The molecule has 10 aliphatic rings. The van der Waals surface area contributed by atoms with Gasteiger partial charge in [-0.05, 0) is 139 Å². The van der Waals surface area contributed by atoms with Crippen LogP contribution in [0.25, 0.3) is 15.7 Å². The third-order valence-corrected chi connectivity index (χ3v) is 17.6. The van der Waals surface area contributed by atoms with Crippen molar-refractivity contribution in [3.05, 3.63) is 212 Å². The molecule has 0 bridgehead atoms. The van der Waals surface area contributed by atoms with Gasteiger partial charge in [-0.15, -0.1) is 23.1 Å². The van der Waals surface area contributed by atoms with Crippen LogP contribution >= 0.6 is 23.1 Å². The van der Waals surface area contributed by atoms with E-state index in [1.807, 2.05) is 11.3 Å². The number of allylic oxidation sites excluding steroid dienone is 27. The van der Waals surface area contributed by atoms with E-state index in [2.05, 4.69) is 175 Å². The fourth-order valence-corrected chi connectivity index (χ4v) is 14.7. The molecule has 0 saturated carbocycles. The van der Waals surface area contributed by atoms with Crippen LogP contribution in [0.5, 0.6) is 0 Å². The Bertz CT molecular complexity index is 2690. The highest BCUT2D eigenvalue weighted by molar-refractivity contribution is 8.04. The molecule has 12 rings (SSSR count). The Kier molecular flexibility index (Phi) is 10.0. The Morgan fingerprint density at radius 1 is 0.623 bits per heavy atom. The molecule has 304 valence electrons. The first-order chi connectivity index (χ1) is 30.2. The molecular formula is C58H55NS2. The zero-order chi connectivity index (χ0) is 40.3. The van der Waals surface area contributed by atoms with Gasteiger partial charge in [0.1, 0.15) is 0 Å². The average molecular weight is 830 g/mol. The monoisotopic (exact) mass is 829 g/mol. The second-order valence-corrected chi connectivity index (χ2v) is 20.7. The van der Waals surface area contributed by atoms with Crippen molar-refractivity contribution >= 4 is 44.4 Å². The topological polar surface area (TPSA) is 3.24 Å². The number of anilines is 1. The first kappa shape index (κ1) is 37.9. The highest BCUT2D eigenvalue weighted by Crippen LogP contribution is 2.51. The molecule has 1 aromatic carbocycles. The second-order valence-electron chi connectivity index (χ2n) is 18.5. The number of benzene rings is 1. The predicted molar refractivity (Wildman–Crippen MR) is 263 cm³/mol. The minimum absolute atomic E-state index is 0.245. The van der Waals surface area contributed by atoms with Crippen molar-refractivity contribution in [1.29, 1.82) is 0 Å². The van der Waals surface area contributed by atoms with Crippen LogP contribution in [-0.2, 0) is 6.42 Å². The Morgan fingerprint density at radius 2 is 1.49 bits per heavy atom. The first-order valence-electron chi connectivity index (χ1n) is 23.3. The molecule has 61 heavy (non-hydrogen) atoms. The molecule has 2 aromatic rings. The summed E-state index contributed by atoms with van der Waals surface area (Å²) in [4.78, 5) is 5.72. The van der Waals surface area contributed by atoms with Gasteiger partial charge in [-0.3, -0.25) is 0 Å². The van der Waals surface area contributed by atoms with Crippen LogP contribution in [0.2, 0.25) is 0 Å². The number of thioether (sulfide) groups is 1. The summed E-state index contributed by atoms with van der Waals surface area (Å²) in [5, 5.41) is 2.02. The van der Waals surface area contributed by atoms with E-state index in [1.165, 1.54) is 90.4 Å². The van der Waals surface area contributed by atoms with Crippen molar-refractivity contribution in [2.45, 2.75) is 81.9 Å². The molecule has 0 N–H and O–H groups in total. The van der Waals surface area contributed by atoms with Crippen LogP contribution in [0.3, 0.4) is 0 Å². The molecule has 9 aliphatic carbocycles. The van der Waals surface area contributed by atoms with Crippen molar-refractivity contribution in [2.75, 3.05) is 4.90 Å². The summed E-state index contributed by atoms with van der Waals surface area (Å²) < 4.78 is 1.43. The molecular weight excluding hydrogens is 775 g/mol. The van der Waals surface area contributed by atoms with E-state index >= 15 is 0 Å². The van der Waals surface area contributed by atoms with E-state index in [0.717, 1.165) is 44.9 Å². The number of aryl methyl sites for hydroxylation is 1. The van der Waals surface area contributed by atoms with E-state index in [4.69, 9.17) is 0 Å². The molecule has 7 unspecified atom stereocenters. The third-order valence-electron chi connectivity index (χ3n) is 15.0. The van der Waals surface area contributed by atoms with Crippen LogP contribution in [0.15, 0.2) is 202 Å². The van der Waals surface area contributed by atoms with Crippen LogP contribution in [0.4, 0.5) is 5.69 Å². The van der Waals surface area contributed by atoms with Crippen molar-refractivity contribution in [3.8, 4) is 0 Å². The van der Waals surface area contributed by atoms with Gasteiger partial charge in [0.15, 0.2) is 0 Å². The summed E-state index contributed by atoms with van der Waals surface area (Å²) in [5.41, 5.74) is 14.7. The van der Waals surface area contributed by atoms with E-state index in [1.54, 1.807) is 11.1 Å². The maximum Gasteiger partial charge on any atom is 0.0597 e. The molecule has 0 radical (unpaired) electrons. The number of nitrogens with zero attached hydrogens (tertiary/aromatic N) is 1. The fourth-order valence-electron chi connectivity index (χ4n) is 11.8. The third kappa shape index (κ3) is 6.92. The minimum Gasteiger partial charge on any atom is -0.333 e. The van der Waals surface area contributed by atoms with E-state index in [-0.39, 0.29) is 6.04 Å². The zero-order valence-electron chi connectivity index (χ0n) is 35.1. The quantitative estimate of drug-likeness (QED) is 0.273. The van der Waals surface area contributed by atoms with Crippen LogP contribution in [0, 0.1) is 29.6 Å². The molecule has 0 saturated heterocycles. The highest BCUT2D eigenvalue weighted by atomic mass is 32.2. The highest BCUT2D eigenvalue weighted by Gasteiger charge is 2.36. The van der Waals surface area contributed by atoms with E-state index in [9.17, 15) is 0 Å². The first-order valence-corrected chi connectivity index (χ1v) is 25.0. The van der Waals surface area contributed by atoms with Crippen LogP contribution < -0.4 is 4.90 Å². The predicted octanol–water partition coefficient (Wildman–Crippen LogP) is 15.4. The maximum atomic E-state index is 2.70. The smallest absolute Gasteiger partial charge is 0.0597 e. The van der Waals surface area contributed by atoms with Crippen molar-refractivity contribution in [2.24, 2.45) is 29.6 Å². The summed E-state index contributed by atoms with van der Waals surface area (Å²) in [6.07, 6.45) is 68.9. The molecule has 0 spiro atoms. The van der Waals surface area contributed by atoms with Gasteiger partial charge in [-0.25, -0.2) is 0 Å². The normalized spacial score (nSPS) is 30.8. The number of rotatable bonds is 7. The number of fused-ring (bicyclic) bond motifs is 6. The minimum atomic E-state index is 0.245. The molecule has 0 amide bonds. The van der Waals surface area contributed by atoms with Crippen LogP contribution in [-0.4, -0.2) is 11.3 Å². The lowest BCUT2D eigenvalue weighted by atomic mass is 9.72. The number of hydrogen-bond acceptors (Lipinski definition) is 3. The Labute approximate surface area is 371 Å². The molecule has 1 aromatic heterocycles. The Hall–Kier alpha value is -4.83.